The molecule has 168 valence electrons. The molecule has 0 fully saturated rings. The Morgan fingerprint density at radius 2 is 1.79 bits per heavy atom. The third-order valence-electron chi connectivity index (χ3n) is 5.17. The first-order valence-electron chi connectivity index (χ1n) is 10.5. The lowest BCUT2D eigenvalue weighted by Crippen LogP contribution is -2.13. The Labute approximate surface area is 202 Å². The summed E-state index contributed by atoms with van der Waals surface area (Å²) in [6.45, 7) is 4.74. The van der Waals surface area contributed by atoms with Crippen LogP contribution in [-0.4, -0.2) is 15.7 Å². The number of carbonyl (C=O) groups excluding carboxylic acids is 1. The van der Waals surface area contributed by atoms with Gasteiger partial charge in [-0.1, -0.05) is 59.6 Å². The maximum absolute atomic E-state index is 12.8. The van der Waals surface area contributed by atoms with Gasteiger partial charge in [0.05, 0.1) is 11.6 Å². The molecule has 0 bridgehead atoms. The van der Waals surface area contributed by atoms with E-state index in [1.165, 1.54) is 0 Å². The summed E-state index contributed by atoms with van der Waals surface area (Å²) in [7, 11) is 0. The summed E-state index contributed by atoms with van der Waals surface area (Å²) >= 11 is 12.5. The molecule has 0 saturated carbocycles. The van der Waals surface area contributed by atoms with E-state index in [1.54, 1.807) is 12.1 Å². The Morgan fingerprint density at radius 3 is 2.61 bits per heavy atom. The summed E-state index contributed by atoms with van der Waals surface area (Å²) in [5.74, 6) is 0.858. The third-order valence-corrected chi connectivity index (χ3v) is 5.85. The summed E-state index contributed by atoms with van der Waals surface area (Å²) in [5.41, 5.74) is 4.32. The number of hydrogen-bond acceptors (Lipinski definition) is 3. The first-order chi connectivity index (χ1) is 15.9. The van der Waals surface area contributed by atoms with Gasteiger partial charge >= 0.3 is 0 Å². The van der Waals surface area contributed by atoms with E-state index in [-0.39, 0.29) is 5.91 Å². The number of rotatable bonds is 7. The number of carbonyl (C=O) groups is 1. The quantitative estimate of drug-likeness (QED) is 0.321. The zero-order valence-electron chi connectivity index (χ0n) is 18.3. The zero-order chi connectivity index (χ0) is 23.4. The highest BCUT2D eigenvalue weighted by Gasteiger charge is 2.12. The maximum Gasteiger partial charge on any atom is 0.256 e. The van der Waals surface area contributed by atoms with Crippen molar-refractivity contribution < 1.29 is 9.53 Å². The molecular weight excluding hydrogens is 457 g/mol. The van der Waals surface area contributed by atoms with Gasteiger partial charge in [-0.15, -0.1) is 0 Å². The Bertz CT molecular complexity index is 1300. The van der Waals surface area contributed by atoms with Crippen molar-refractivity contribution in [1.82, 2.24) is 9.78 Å². The van der Waals surface area contributed by atoms with Gasteiger partial charge in [0.25, 0.3) is 5.91 Å². The first-order valence-corrected chi connectivity index (χ1v) is 11.2. The molecule has 0 radical (unpaired) electrons. The number of benzene rings is 3. The first kappa shape index (κ1) is 22.9. The van der Waals surface area contributed by atoms with Crippen LogP contribution < -0.4 is 10.1 Å². The Kier molecular flexibility index (Phi) is 7.02. The summed E-state index contributed by atoms with van der Waals surface area (Å²) in [5, 5.41) is 8.62. The highest BCUT2D eigenvalue weighted by molar-refractivity contribution is 6.32. The van der Waals surface area contributed by atoms with Crippen molar-refractivity contribution in [3.63, 3.8) is 0 Å². The molecule has 0 saturated heterocycles. The highest BCUT2D eigenvalue weighted by atomic mass is 35.5. The Hall–Kier alpha value is -3.28. The van der Waals surface area contributed by atoms with Crippen molar-refractivity contribution in [2.45, 2.75) is 27.0 Å². The van der Waals surface area contributed by atoms with Gasteiger partial charge in [-0.05, 0) is 60.9 Å². The van der Waals surface area contributed by atoms with Gasteiger partial charge in [-0.2, -0.15) is 5.10 Å². The van der Waals surface area contributed by atoms with Crippen molar-refractivity contribution in [2.75, 3.05) is 5.32 Å². The highest BCUT2D eigenvalue weighted by Crippen LogP contribution is 2.26. The molecule has 4 aromatic rings. The van der Waals surface area contributed by atoms with E-state index < -0.39 is 0 Å². The predicted octanol–water partition coefficient (Wildman–Crippen LogP) is 6.69. The number of ether oxygens (including phenoxy) is 1. The van der Waals surface area contributed by atoms with Crippen LogP contribution in [0.3, 0.4) is 0 Å². The second-order valence-electron chi connectivity index (χ2n) is 7.80. The number of nitrogens with zero attached hydrogens (tertiary/aromatic N) is 2. The second kappa shape index (κ2) is 10.1. The minimum absolute atomic E-state index is 0.243. The number of nitrogens with one attached hydrogen (secondary N) is 1. The number of hydrogen-bond donors (Lipinski definition) is 1. The van der Waals surface area contributed by atoms with E-state index in [0.717, 1.165) is 22.4 Å². The molecule has 1 amide bonds. The molecule has 1 heterocycles. The third kappa shape index (κ3) is 5.75. The fraction of sp³-hybridized carbons (Fsp3) is 0.154. The lowest BCUT2D eigenvalue weighted by atomic mass is 10.1. The molecule has 0 aliphatic heterocycles. The molecule has 7 heteroatoms. The molecule has 0 atom stereocenters. The molecular formula is C26H23Cl2N3O2. The predicted molar refractivity (Wildman–Crippen MR) is 132 cm³/mol. The number of amides is 1. The normalized spacial score (nSPS) is 10.8. The molecule has 0 unspecified atom stereocenters. The fourth-order valence-electron chi connectivity index (χ4n) is 3.39. The van der Waals surface area contributed by atoms with Crippen LogP contribution in [0.5, 0.6) is 5.75 Å². The number of aryl methyl sites for hydroxylation is 2. The van der Waals surface area contributed by atoms with Gasteiger partial charge in [-0.3, -0.25) is 9.48 Å². The lowest BCUT2D eigenvalue weighted by Gasteiger charge is -2.10. The van der Waals surface area contributed by atoms with E-state index in [2.05, 4.69) is 10.4 Å². The van der Waals surface area contributed by atoms with Crippen LogP contribution in [0.15, 0.2) is 72.8 Å². The lowest BCUT2D eigenvalue weighted by molar-refractivity contribution is 0.102. The van der Waals surface area contributed by atoms with E-state index in [9.17, 15) is 4.79 Å². The van der Waals surface area contributed by atoms with Gasteiger partial charge in [0.15, 0.2) is 5.82 Å². The van der Waals surface area contributed by atoms with Gasteiger partial charge < -0.3 is 10.1 Å². The van der Waals surface area contributed by atoms with Gasteiger partial charge in [0.2, 0.25) is 0 Å². The van der Waals surface area contributed by atoms with E-state index in [0.29, 0.717) is 40.3 Å². The SMILES string of the molecule is Cc1ccc(Cl)c(OCc2cccc(C(=O)Nc3cc(C)n(Cc4ccccc4Cl)n3)c2)c1. The molecule has 1 aromatic heterocycles. The van der Waals surface area contributed by atoms with Crippen LogP contribution in [0.1, 0.15) is 32.7 Å². The zero-order valence-corrected chi connectivity index (χ0v) is 19.8. The number of anilines is 1. The largest absolute Gasteiger partial charge is 0.487 e. The molecule has 5 nitrogen and oxygen atoms in total. The van der Waals surface area contributed by atoms with Crippen LogP contribution in [-0.2, 0) is 13.2 Å². The molecule has 1 N–H and O–H groups in total. The molecule has 0 spiro atoms. The summed E-state index contributed by atoms with van der Waals surface area (Å²) in [4.78, 5) is 12.8. The van der Waals surface area contributed by atoms with Crippen LogP contribution in [0.4, 0.5) is 5.82 Å². The molecule has 0 aliphatic carbocycles. The smallest absolute Gasteiger partial charge is 0.256 e. The van der Waals surface area contributed by atoms with Crippen molar-refractivity contribution in [3.05, 3.63) is 111 Å². The topological polar surface area (TPSA) is 56.1 Å². The van der Waals surface area contributed by atoms with Gasteiger partial charge in [0, 0.05) is 22.3 Å². The standard InChI is InChI=1S/C26H23Cl2N3O2/c1-17-10-11-23(28)24(12-17)33-16-19-6-5-8-20(14-19)26(32)29-25-13-18(2)31(30-25)15-21-7-3-4-9-22(21)27/h3-14H,15-16H2,1-2H3,(H,29,30,32). The van der Waals surface area contributed by atoms with E-state index >= 15 is 0 Å². The van der Waals surface area contributed by atoms with Crippen molar-refractivity contribution in [3.8, 4) is 5.75 Å². The average Bonchev–Trinajstić information content (AvgIpc) is 3.14. The monoisotopic (exact) mass is 479 g/mol. The van der Waals surface area contributed by atoms with Crippen LogP contribution in [0.25, 0.3) is 0 Å². The molecule has 33 heavy (non-hydrogen) atoms. The second-order valence-corrected chi connectivity index (χ2v) is 8.61. The molecule has 0 aliphatic rings. The van der Waals surface area contributed by atoms with Crippen LogP contribution in [0, 0.1) is 13.8 Å². The minimum atomic E-state index is -0.243. The average molecular weight is 480 g/mol. The maximum atomic E-state index is 12.8. The number of halogens is 2. The van der Waals surface area contributed by atoms with E-state index in [4.69, 9.17) is 27.9 Å². The van der Waals surface area contributed by atoms with Crippen molar-refractivity contribution >= 4 is 34.9 Å². The van der Waals surface area contributed by atoms with Crippen LogP contribution in [0.2, 0.25) is 10.0 Å². The summed E-state index contributed by atoms with van der Waals surface area (Å²) < 4.78 is 7.66. The van der Waals surface area contributed by atoms with Gasteiger partial charge in [-0.25, -0.2) is 0 Å². The summed E-state index contributed by atoms with van der Waals surface area (Å²) in [6.07, 6.45) is 0. The van der Waals surface area contributed by atoms with Crippen LogP contribution >= 0.6 is 23.2 Å². The van der Waals surface area contributed by atoms with E-state index in [1.807, 2.05) is 79.2 Å². The molecule has 3 aromatic carbocycles. The number of aromatic nitrogens is 2. The minimum Gasteiger partial charge on any atom is -0.487 e. The Balaban J connectivity index is 1.43. The fourth-order valence-corrected chi connectivity index (χ4v) is 3.76. The summed E-state index contributed by atoms with van der Waals surface area (Å²) in [6, 6.07) is 22.4. The Morgan fingerprint density at radius 1 is 0.970 bits per heavy atom. The van der Waals surface area contributed by atoms with Crippen molar-refractivity contribution in [2.24, 2.45) is 0 Å². The molecule has 4 rings (SSSR count). The van der Waals surface area contributed by atoms with Gasteiger partial charge in [0.1, 0.15) is 12.4 Å². The van der Waals surface area contributed by atoms with Crippen molar-refractivity contribution in [1.29, 1.82) is 0 Å².